The van der Waals surface area contributed by atoms with E-state index in [4.69, 9.17) is 10.9 Å². The van der Waals surface area contributed by atoms with Crippen molar-refractivity contribution in [3.63, 3.8) is 0 Å². The van der Waals surface area contributed by atoms with Gasteiger partial charge in [0.2, 0.25) is 0 Å². The van der Waals surface area contributed by atoms with Crippen LogP contribution >= 0.6 is 0 Å². The van der Waals surface area contributed by atoms with Crippen molar-refractivity contribution in [2.75, 3.05) is 19.3 Å². The molecule has 108 valence electrons. The summed E-state index contributed by atoms with van der Waals surface area (Å²) in [6.45, 7) is 7.61. The maximum atomic E-state index is 11.1. The van der Waals surface area contributed by atoms with Crippen molar-refractivity contribution in [2.45, 2.75) is 45.3 Å². The smallest absolute Gasteiger partial charge is 0.144 e. The summed E-state index contributed by atoms with van der Waals surface area (Å²) >= 11 is 0. The summed E-state index contributed by atoms with van der Waals surface area (Å²) in [6, 6.07) is 0. The molecule has 4 N–H and O–H groups in total. The lowest BCUT2D eigenvalue weighted by Gasteiger charge is -2.22. The van der Waals surface area contributed by atoms with E-state index in [1.54, 1.807) is 6.26 Å². The zero-order valence-corrected chi connectivity index (χ0v) is 12.7. The summed E-state index contributed by atoms with van der Waals surface area (Å²) < 4.78 is 11.1. The summed E-state index contributed by atoms with van der Waals surface area (Å²) in [5.74, 6) is 0.283. The van der Waals surface area contributed by atoms with Gasteiger partial charge in [-0.3, -0.25) is 4.21 Å². The number of nitrogens with one attached hydrogen (secondary N) is 1. The minimum Gasteiger partial charge on any atom is -0.409 e. The molecule has 0 heterocycles. The van der Waals surface area contributed by atoms with Crippen LogP contribution in [0, 0.1) is 5.41 Å². The van der Waals surface area contributed by atoms with E-state index in [-0.39, 0.29) is 16.5 Å². The third-order valence-electron chi connectivity index (χ3n) is 3.20. The average Bonchev–Trinajstić information content (AvgIpc) is 2.31. The molecule has 0 rings (SSSR count). The highest BCUT2D eigenvalue weighted by atomic mass is 32.2. The lowest BCUT2D eigenvalue weighted by Crippen LogP contribution is -2.32. The molecule has 0 bridgehead atoms. The molecule has 5 nitrogen and oxygen atoms in total. The molecule has 0 aromatic heterocycles. The van der Waals surface area contributed by atoms with E-state index >= 15 is 0 Å². The van der Waals surface area contributed by atoms with Crippen LogP contribution in [-0.4, -0.2) is 39.8 Å². The largest absolute Gasteiger partial charge is 0.409 e. The van der Waals surface area contributed by atoms with Gasteiger partial charge in [-0.15, -0.1) is 0 Å². The number of rotatable bonds is 9. The van der Waals surface area contributed by atoms with Crippen LogP contribution in [0.4, 0.5) is 0 Å². The Kier molecular flexibility index (Phi) is 8.18. The van der Waals surface area contributed by atoms with Crippen LogP contribution in [0.15, 0.2) is 5.16 Å². The van der Waals surface area contributed by atoms with Crippen LogP contribution in [0.1, 0.15) is 40.0 Å². The normalized spacial score (nSPS) is 16.6. The van der Waals surface area contributed by atoms with Crippen LogP contribution in [-0.2, 0) is 10.8 Å². The van der Waals surface area contributed by atoms with Crippen LogP contribution in [0.3, 0.4) is 0 Å². The van der Waals surface area contributed by atoms with Crippen molar-refractivity contribution in [1.82, 2.24) is 5.32 Å². The van der Waals surface area contributed by atoms with Gasteiger partial charge in [0.1, 0.15) is 5.84 Å². The number of hydrogen-bond donors (Lipinski definition) is 3. The van der Waals surface area contributed by atoms with Crippen molar-refractivity contribution in [3.8, 4) is 0 Å². The Balaban J connectivity index is 3.66. The highest BCUT2D eigenvalue weighted by Gasteiger charge is 2.22. The Morgan fingerprint density at radius 3 is 2.61 bits per heavy atom. The molecule has 18 heavy (non-hydrogen) atoms. The fourth-order valence-electron chi connectivity index (χ4n) is 1.50. The molecule has 6 heteroatoms. The van der Waals surface area contributed by atoms with Gasteiger partial charge in [0.15, 0.2) is 0 Å². The maximum absolute atomic E-state index is 11.1. The predicted molar refractivity (Wildman–Crippen MR) is 77.4 cm³/mol. The first-order valence-electron chi connectivity index (χ1n) is 6.32. The van der Waals surface area contributed by atoms with Crippen LogP contribution < -0.4 is 11.1 Å². The summed E-state index contributed by atoms with van der Waals surface area (Å²) in [5.41, 5.74) is 5.36. The molecule has 2 atom stereocenters. The van der Waals surface area contributed by atoms with Crippen molar-refractivity contribution < 1.29 is 9.42 Å². The molecule has 0 saturated heterocycles. The third kappa shape index (κ3) is 6.96. The average molecular weight is 277 g/mol. The quantitative estimate of drug-likeness (QED) is 0.195. The Bertz CT molecular complexity index is 293. The molecule has 0 fully saturated rings. The zero-order chi connectivity index (χ0) is 14.2. The standard InChI is InChI=1S/C12H27N3O2S/c1-10(18(4)17)9-14-8-6-5-7-12(2,3)11(13)15-16/h10,14,16H,5-9H2,1-4H3,(H2,13,15). The summed E-state index contributed by atoms with van der Waals surface area (Å²) in [4.78, 5) is 0. The monoisotopic (exact) mass is 277 g/mol. The lowest BCUT2D eigenvalue weighted by atomic mass is 9.86. The first-order chi connectivity index (χ1) is 8.31. The second-order valence-electron chi connectivity index (χ2n) is 5.34. The number of oxime groups is 1. The van der Waals surface area contributed by atoms with Gasteiger partial charge < -0.3 is 16.3 Å². The van der Waals surface area contributed by atoms with E-state index in [2.05, 4.69) is 10.5 Å². The molecule has 0 aliphatic rings. The van der Waals surface area contributed by atoms with Crippen molar-refractivity contribution in [1.29, 1.82) is 0 Å². The van der Waals surface area contributed by atoms with E-state index in [1.807, 2.05) is 20.8 Å². The number of hydrogen-bond acceptors (Lipinski definition) is 4. The second-order valence-corrected chi connectivity index (χ2v) is 7.14. The van der Waals surface area contributed by atoms with Gasteiger partial charge >= 0.3 is 0 Å². The highest BCUT2D eigenvalue weighted by Crippen LogP contribution is 2.22. The molecule has 0 aliphatic carbocycles. The van der Waals surface area contributed by atoms with Crippen molar-refractivity contribution >= 4 is 16.6 Å². The molecule has 0 spiro atoms. The zero-order valence-electron chi connectivity index (χ0n) is 11.9. The van der Waals surface area contributed by atoms with Gasteiger partial charge in [-0.2, -0.15) is 0 Å². The first-order valence-corrected chi connectivity index (χ1v) is 7.94. The Morgan fingerprint density at radius 2 is 2.11 bits per heavy atom. The van der Waals surface area contributed by atoms with E-state index in [1.165, 1.54) is 0 Å². The van der Waals surface area contributed by atoms with E-state index in [0.717, 1.165) is 32.4 Å². The minimum atomic E-state index is -0.762. The van der Waals surface area contributed by atoms with Gasteiger partial charge in [0.05, 0.1) is 0 Å². The summed E-state index contributed by atoms with van der Waals surface area (Å²) in [6.07, 6.45) is 4.66. The van der Waals surface area contributed by atoms with Crippen molar-refractivity contribution in [2.24, 2.45) is 16.3 Å². The Morgan fingerprint density at radius 1 is 1.50 bits per heavy atom. The Labute approximate surface area is 113 Å². The molecule has 0 aromatic carbocycles. The van der Waals surface area contributed by atoms with Gasteiger partial charge in [0.25, 0.3) is 0 Å². The molecular formula is C12H27N3O2S. The molecule has 0 saturated carbocycles. The fraction of sp³-hybridized carbons (Fsp3) is 0.917. The van der Waals surface area contributed by atoms with E-state index in [9.17, 15) is 4.21 Å². The number of amidine groups is 1. The van der Waals surface area contributed by atoms with Gasteiger partial charge in [0, 0.05) is 34.3 Å². The second kappa shape index (κ2) is 8.48. The number of nitrogens with two attached hydrogens (primary N) is 1. The van der Waals surface area contributed by atoms with Crippen LogP contribution in [0.2, 0.25) is 0 Å². The molecular weight excluding hydrogens is 250 g/mol. The van der Waals surface area contributed by atoms with Gasteiger partial charge in [-0.05, 0) is 26.3 Å². The lowest BCUT2D eigenvalue weighted by molar-refractivity contribution is 0.304. The predicted octanol–water partition coefficient (Wildman–Crippen LogP) is 1.29. The third-order valence-corrected chi connectivity index (χ3v) is 4.50. The van der Waals surface area contributed by atoms with Crippen LogP contribution in [0.25, 0.3) is 0 Å². The maximum Gasteiger partial charge on any atom is 0.144 e. The summed E-state index contributed by atoms with van der Waals surface area (Å²) in [5, 5.41) is 15.2. The van der Waals surface area contributed by atoms with Gasteiger partial charge in [-0.1, -0.05) is 25.4 Å². The van der Waals surface area contributed by atoms with E-state index < -0.39 is 10.8 Å². The van der Waals surface area contributed by atoms with Crippen molar-refractivity contribution in [3.05, 3.63) is 0 Å². The number of unbranched alkanes of at least 4 members (excludes halogenated alkanes) is 1. The SMILES string of the molecule is CC(CNCCCCC(C)(C)C(N)=NO)S(C)=O. The minimum absolute atomic E-state index is 0.193. The molecule has 0 radical (unpaired) electrons. The van der Waals surface area contributed by atoms with Crippen LogP contribution in [0.5, 0.6) is 0 Å². The highest BCUT2D eigenvalue weighted by molar-refractivity contribution is 7.84. The molecule has 0 amide bonds. The fourth-order valence-corrected chi connectivity index (χ4v) is 1.86. The molecule has 2 unspecified atom stereocenters. The number of nitrogens with zero attached hydrogens (tertiary/aromatic N) is 1. The topological polar surface area (TPSA) is 87.7 Å². The Hall–Kier alpha value is -0.620. The van der Waals surface area contributed by atoms with Gasteiger partial charge in [-0.25, -0.2) is 0 Å². The first kappa shape index (κ1) is 17.4. The summed E-state index contributed by atoms with van der Waals surface area (Å²) in [7, 11) is -0.762. The molecule has 0 aromatic rings. The van der Waals surface area contributed by atoms with E-state index in [0.29, 0.717) is 0 Å². The molecule has 0 aliphatic heterocycles.